The van der Waals surface area contributed by atoms with E-state index in [-0.39, 0.29) is 0 Å². The molecule has 0 bridgehead atoms. The second kappa shape index (κ2) is 4.69. The zero-order chi connectivity index (χ0) is 11.7. The van der Waals surface area contributed by atoms with Crippen molar-refractivity contribution >= 4 is 0 Å². The van der Waals surface area contributed by atoms with Gasteiger partial charge in [0, 0.05) is 6.04 Å². The highest BCUT2D eigenvalue weighted by Gasteiger charge is 2.28. The molecule has 2 unspecified atom stereocenters. The Hall–Kier alpha value is -1.02. The van der Waals surface area contributed by atoms with Crippen LogP contribution < -0.4 is 10.1 Å². The Morgan fingerprint density at radius 1 is 1.35 bits per heavy atom. The maximum atomic E-state index is 5.46. The Morgan fingerprint density at radius 2 is 2.29 bits per heavy atom. The van der Waals surface area contributed by atoms with Crippen molar-refractivity contribution in [2.75, 3.05) is 13.7 Å². The minimum absolute atomic E-state index is 0.746. The Balaban J connectivity index is 1.78. The Bertz CT molecular complexity index is 396. The summed E-state index contributed by atoms with van der Waals surface area (Å²) in [5, 5.41) is 3.61. The molecule has 1 aromatic rings. The number of methoxy groups -OCH3 is 1. The molecule has 92 valence electrons. The van der Waals surface area contributed by atoms with Crippen molar-refractivity contribution in [3.05, 3.63) is 29.3 Å². The van der Waals surface area contributed by atoms with Crippen LogP contribution in [0.3, 0.4) is 0 Å². The van der Waals surface area contributed by atoms with Gasteiger partial charge in [-0.05, 0) is 61.8 Å². The van der Waals surface area contributed by atoms with Crippen molar-refractivity contribution in [3.8, 4) is 5.75 Å². The first-order chi connectivity index (χ1) is 8.38. The fourth-order valence-corrected chi connectivity index (χ4v) is 3.44. The van der Waals surface area contributed by atoms with E-state index >= 15 is 0 Å². The SMILES string of the molecule is COc1cccc2c1CCC2CC1CCCN1. The lowest BCUT2D eigenvalue weighted by molar-refractivity contribution is 0.410. The topological polar surface area (TPSA) is 21.3 Å². The molecule has 1 saturated heterocycles. The second-order valence-corrected chi connectivity index (χ2v) is 5.29. The molecule has 1 aliphatic heterocycles. The lowest BCUT2D eigenvalue weighted by atomic mass is 9.93. The number of rotatable bonds is 3. The van der Waals surface area contributed by atoms with E-state index in [0.29, 0.717) is 0 Å². The van der Waals surface area contributed by atoms with Crippen LogP contribution in [0.25, 0.3) is 0 Å². The van der Waals surface area contributed by atoms with Gasteiger partial charge in [-0.3, -0.25) is 0 Å². The van der Waals surface area contributed by atoms with Crippen LogP contribution in [0.5, 0.6) is 5.75 Å². The van der Waals surface area contributed by atoms with Gasteiger partial charge in [0.2, 0.25) is 0 Å². The van der Waals surface area contributed by atoms with Gasteiger partial charge in [0.1, 0.15) is 5.75 Å². The average molecular weight is 231 g/mol. The summed E-state index contributed by atoms with van der Waals surface area (Å²) < 4.78 is 5.46. The van der Waals surface area contributed by atoms with Gasteiger partial charge >= 0.3 is 0 Å². The van der Waals surface area contributed by atoms with E-state index < -0.39 is 0 Å². The van der Waals surface area contributed by atoms with Crippen LogP contribution in [-0.4, -0.2) is 19.7 Å². The summed E-state index contributed by atoms with van der Waals surface area (Å²) >= 11 is 0. The monoisotopic (exact) mass is 231 g/mol. The highest BCUT2D eigenvalue weighted by molar-refractivity contribution is 5.45. The predicted molar refractivity (Wildman–Crippen MR) is 69.7 cm³/mol. The van der Waals surface area contributed by atoms with Gasteiger partial charge in [-0.25, -0.2) is 0 Å². The smallest absolute Gasteiger partial charge is 0.122 e. The van der Waals surface area contributed by atoms with Gasteiger partial charge in [0.05, 0.1) is 7.11 Å². The molecule has 0 amide bonds. The number of hydrogen-bond donors (Lipinski definition) is 1. The van der Waals surface area contributed by atoms with Crippen molar-refractivity contribution in [2.45, 2.75) is 44.1 Å². The zero-order valence-electron chi connectivity index (χ0n) is 10.5. The summed E-state index contributed by atoms with van der Waals surface area (Å²) in [7, 11) is 1.78. The Morgan fingerprint density at radius 3 is 3.06 bits per heavy atom. The minimum atomic E-state index is 0.746. The molecule has 1 heterocycles. The molecule has 1 aromatic carbocycles. The fourth-order valence-electron chi connectivity index (χ4n) is 3.44. The molecule has 3 rings (SSSR count). The Labute approximate surface area is 103 Å². The van der Waals surface area contributed by atoms with Crippen molar-refractivity contribution < 1.29 is 4.74 Å². The standard InChI is InChI=1S/C15H21NO/c1-17-15-6-2-5-13-11(7-8-14(13)15)10-12-4-3-9-16-12/h2,5-6,11-12,16H,3-4,7-10H2,1H3. The van der Waals surface area contributed by atoms with Crippen molar-refractivity contribution in [2.24, 2.45) is 0 Å². The van der Waals surface area contributed by atoms with Gasteiger partial charge in [-0.2, -0.15) is 0 Å². The normalized spacial score (nSPS) is 27.1. The molecule has 17 heavy (non-hydrogen) atoms. The molecule has 1 aliphatic carbocycles. The molecular weight excluding hydrogens is 210 g/mol. The minimum Gasteiger partial charge on any atom is -0.496 e. The fraction of sp³-hybridized carbons (Fsp3) is 0.600. The van der Waals surface area contributed by atoms with Gasteiger partial charge in [-0.1, -0.05) is 12.1 Å². The third kappa shape index (κ3) is 2.06. The van der Waals surface area contributed by atoms with Crippen LogP contribution in [0.4, 0.5) is 0 Å². The van der Waals surface area contributed by atoms with Gasteiger partial charge < -0.3 is 10.1 Å². The van der Waals surface area contributed by atoms with Crippen LogP contribution in [0.2, 0.25) is 0 Å². The molecule has 2 atom stereocenters. The number of nitrogens with one attached hydrogen (secondary N) is 1. The largest absolute Gasteiger partial charge is 0.496 e. The van der Waals surface area contributed by atoms with Crippen LogP contribution in [-0.2, 0) is 6.42 Å². The summed E-state index contributed by atoms with van der Waals surface area (Å²) in [6.45, 7) is 1.21. The summed E-state index contributed by atoms with van der Waals surface area (Å²) in [6, 6.07) is 7.27. The van der Waals surface area contributed by atoms with Crippen molar-refractivity contribution in [3.63, 3.8) is 0 Å². The van der Waals surface area contributed by atoms with Crippen LogP contribution >= 0.6 is 0 Å². The zero-order valence-corrected chi connectivity index (χ0v) is 10.5. The highest BCUT2D eigenvalue weighted by atomic mass is 16.5. The molecule has 2 aliphatic rings. The summed E-state index contributed by atoms with van der Waals surface area (Å²) in [5.74, 6) is 1.83. The molecule has 0 spiro atoms. The number of benzene rings is 1. The van der Waals surface area contributed by atoms with E-state index in [1.165, 1.54) is 49.8 Å². The highest BCUT2D eigenvalue weighted by Crippen LogP contribution is 2.41. The average Bonchev–Trinajstić information content (AvgIpc) is 2.99. The molecule has 1 N–H and O–H groups in total. The van der Waals surface area contributed by atoms with E-state index in [9.17, 15) is 0 Å². The van der Waals surface area contributed by atoms with Crippen LogP contribution in [0, 0.1) is 0 Å². The first-order valence-corrected chi connectivity index (χ1v) is 6.77. The van der Waals surface area contributed by atoms with E-state index in [0.717, 1.165) is 17.7 Å². The van der Waals surface area contributed by atoms with E-state index in [1.54, 1.807) is 7.11 Å². The first-order valence-electron chi connectivity index (χ1n) is 6.77. The molecule has 0 aromatic heterocycles. The molecule has 1 fully saturated rings. The molecule has 2 nitrogen and oxygen atoms in total. The van der Waals surface area contributed by atoms with Gasteiger partial charge in [0.25, 0.3) is 0 Å². The van der Waals surface area contributed by atoms with Crippen LogP contribution in [0.15, 0.2) is 18.2 Å². The van der Waals surface area contributed by atoms with Gasteiger partial charge in [0.15, 0.2) is 0 Å². The molecule has 0 saturated carbocycles. The third-order valence-electron chi connectivity index (χ3n) is 4.30. The molecular formula is C15H21NO. The van der Waals surface area contributed by atoms with Crippen molar-refractivity contribution in [1.29, 1.82) is 0 Å². The van der Waals surface area contributed by atoms with Crippen molar-refractivity contribution in [1.82, 2.24) is 5.32 Å². The maximum absolute atomic E-state index is 5.46. The maximum Gasteiger partial charge on any atom is 0.122 e. The first kappa shape index (κ1) is 11.1. The lowest BCUT2D eigenvalue weighted by Crippen LogP contribution is -2.23. The molecule has 2 heteroatoms. The summed E-state index contributed by atoms with van der Waals surface area (Å²) in [6.07, 6.45) is 6.50. The van der Waals surface area contributed by atoms with Crippen LogP contribution in [0.1, 0.15) is 42.7 Å². The van der Waals surface area contributed by atoms with E-state index in [4.69, 9.17) is 4.74 Å². The van der Waals surface area contributed by atoms with E-state index in [1.807, 2.05) is 0 Å². The number of ether oxygens (including phenoxy) is 1. The predicted octanol–water partition coefficient (Wildman–Crippen LogP) is 2.87. The molecule has 0 radical (unpaired) electrons. The number of hydrogen-bond acceptors (Lipinski definition) is 2. The second-order valence-electron chi connectivity index (χ2n) is 5.29. The quantitative estimate of drug-likeness (QED) is 0.863. The van der Waals surface area contributed by atoms with Gasteiger partial charge in [-0.15, -0.1) is 0 Å². The Kier molecular flexibility index (Phi) is 3.06. The lowest BCUT2D eigenvalue weighted by Gasteiger charge is -2.17. The number of fused-ring (bicyclic) bond motifs is 1. The van der Waals surface area contributed by atoms with E-state index in [2.05, 4.69) is 23.5 Å². The summed E-state index contributed by atoms with van der Waals surface area (Å²) in [5.41, 5.74) is 3.00. The summed E-state index contributed by atoms with van der Waals surface area (Å²) in [4.78, 5) is 0. The third-order valence-corrected chi connectivity index (χ3v) is 4.30.